The van der Waals surface area contributed by atoms with Gasteiger partial charge in [0, 0.05) is 0 Å². The smallest absolute Gasteiger partial charge is 0.0846 e. The summed E-state index contributed by atoms with van der Waals surface area (Å²) >= 11 is 0. The highest BCUT2D eigenvalue weighted by Crippen LogP contribution is 2.18. The first kappa shape index (κ1) is 17.1. The lowest BCUT2D eigenvalue weighted by Crippen LogP contribution is -0.687. The van der Waals surface area contributed by atoms with E-state index in [2.05, 4.69) is 0 Å². The second kappa shape index (κ2) is 21.5. The Labute approximate surface area is 37.5 Å². The molecule has 0 aromatic carbocycles. The molecule has 0 aliphatic rings. The molecule has 2 unspecified atom stereocenters. The molecule has 0 radical (unpaired) electrons. The highest BCUT2D eigenvalue weighted by molar-refractivity contribution is 8.00. The van der Waals surface area contributed by atoms with Crippen molar-refractivity contribution in [2.45, 2.75) is 14.9 Å². The zero-order chi connectivity index (χ0) is 2.71. The van der Waals surface area contributed by atoms with Crippen molar-refractivity contribution in [1.82, 2.24) is 0 Å². The highest BCUT2D eigenvalue weighted by atomic mass is 32.0. The first-order valence-corrected chi connectivity index (χ1v) is 3.17. The molecule has 2 atom stereocenters. The Morgan fingerprint density at radius 1 is 1.40 bits per heavy atom. The first-order chi connectivity index (χ1) is 1.41. The van der Waals surface area contributed by atoms with Crippen molar-refractivity contribution in [3.05, 3.63) is 0 Å². The van der Waals surface area contributed by atoms with Gasteiger partial charge in [0.2, 0.25) is 0 Å². The Morgan fingerprint density at radius 2 is 1.40 bits per heavy atom. The molecule has 0 N–H and O–H groups in total. The minimum Gasteiger partial charge on any atom is -0.226 e. The van der Waals surface area contributed by atoms with Crippen molar-refractivity contribution in [3.8, 4) is 0 Å². The minimum absolute atomic E-state index is 0. The van der Waals surface area contributed by atoms with Crippen molar-refractivity contribution in [2.24, 2.45) is 0 Å². The molecule has 5 heavy (non-hydrogen) atoms. The van der Waals surface area contributed by atoms with E-state index in [0.29, 0.717) is 0 Å². The maximum atomic E-state index is 10.3. The van der Waals surface area contributed by atoms with Gasteiger partial charge < -0.3 is 0 Å². The quantitative estimate of drug-likeness (QED) is 0.427. The summed E-state index contributed by atoms with van der Waals surface area (Å²) < 4.78 is 10.3. The number of hydrogen-bond donors (Lipinski definition) is 0. The molecular weight excluding hydrogens is 105 g/mol. The topological polar surface area (TPSA) is 0 Å². The van der Waals surface area contributed by atoms with Crippen molar-refractivity contribution < 1.29 is 4.20 Å². The van der Waals surface area contributed by atoms with Crippen LogP contribution in [0.2, 0.25) is 0 Å². The zero-order valence-corrected chi connectivity index (χ0v) is 3.61. The van der Waals surface area contributed by atoms with Gasteiger partial charge in [-0.05, 0) is 0 Å². The van der Waals surface area contributed by atoms with E-state index in [1.807, 2.05) is 8.93 Å². The average Bonchev–Trinajstić information content (AvgIpc) is 0.918. The van der Waals surface area contributed by atoms with Crippen molar-refractivity contribution >= 4 is 17.5 Å². The third-order valence-electron chi connectivity index (χ3n) is 0. The third-order valence-corrected chi connectivity index (χ3v) is 0. The molecule has 0 saturated heterocycles. The molecule has 0 amide bonds. The van der Waals surface area contributed by atoms with Crippen LogP contribution in [0.3, 0.4) is 0 Å². The van der Waals surface area contributed by atoms with Crippen LogP contribution in [0.5, 0.6) is 0 Å². The van der Waals surface area contributed by atoms with E-state index in [9.17, 15) is 4.20 Å². The van der Waals surface area contributed by atoms with E-state index in [-0.39, 0.29) is 14.9 Å². The molecule has 0 heterocycles. The van der Waals surface area contributed by atoms with Crippen LogP contribution >= 0.6 is 17.5 Å². The van der Waals surface area contributed by atoms with Crippen molar-refractivity contribution in [2.75, 3.05) is 0 Å². The molecule has 0 nitrogen and oxygen atoms in total. The summed E-state index contributed by atoms with van der Waals surface area (Å²) in [5.74, 6) is 0. The zero-order valence-electron chi connectivity index (χ0n) is 1.46. The fourth-order valence-electron chi connectivity index (χ4n) is 0. The summed E-state index contributed by atoms with van der Waals surface area (Å²) in [6.07, 6.45) is 0. The SMILES string of the molecule is C.C.FPP. The molecule has 0 fully saturated rings. The Morgan fingerprint density at radius 3 is 1.40 bits per heavy atom. The summed E-state index contributed by atoms with van der Waals surface area (Å²) in [4.78, 5) is 0. The van der Waals surface area contributed by atoms with E-state index in [1.54, 1.807) is 0 Å². The molecule has 0 aliphatic heterocycles. The summed E-state index contributed by atoms with van der Waals surface area (Å²) in [7, 11) is 1.44. The monoisotopic (exact) mass is 116 g/mol. The lowest BCUT2D eigenvalue weighted by Gasteiger charge is -1.46. The standard InChI is InChI=1S/2CH4.FH3P2/c;;1-3-2/h2*1H4;3H,2H2. The van der Waals surface area contributed by atoms with E-state index in [4.69, 9.17) is 0 Å². The van der Waals surface area contributed by atoms with Gasteiger partial charge in [0.05, 0.1) is 8.58 Å². The predicted molar refractivity (Wildman–Crippen MR) is 32.6 cm³/mol. The van der Waals surface area contributed by atoms with Crippen LogP contribution in [-0.2, 0) is 0 Å². The predicted octanol–water partition coefficient (Wildman–Crippen LogP) is 2.61. The molecule has 0 aromatic rings. The summed E-state index contributed by atoms with van der Waals surface area (Å²) in [5.41, 5.74) is 0. The van der Waals surface area contributed by atoms with Gasteiger partial charge in [0.15, 0.2) is 0 Å². The highest BCUT2D eigenvalue weighted by Gasteiger charge is 1.39. The summed E-state index contributed by atoms with van der Waals surface area (Å²) in [6, 6.07) is 0. The van der Waals surface area contributed by atoms with Gasteiger partial charge in [0.25, 0.3) is 0 Å². The van der Waals surface area contributed by atoms with E-state index in [1.165, 1.54) is 0 Å². The molecule has 3 heteroatoms. The Balaban J connectivity index is -0.0000000200. The lowest BCUT2D eigenvalue weighted by atomic mass is 12.0. The average molecular weight is 116 g/mol. The van der Waals surface area contributed by atoms with Crippen LogP contribution in [-0.4, -0.2) is 0 Å². The van der Waals surface area contributed by atoms with Gasteiger partial charge >= 0.3 is 0 Å². The van der Waals surface area contributed by atoms with Gasteiger partial charge in [-0.3, -0.25) is 0 Å². The third kappa shape index (κ3) is 59.7. The van der Waals surface area contributed by atoms with Crippen LogP contribution in [0.4, 0.5) is 4.20 Å². The van der Waals surface area contributed by atoms with Crippen LogP contribution in [0, 0.1) is 0 Å². The number of hydrogen-bond acceptors (Lipinski definition) is 0. The van der Waals surface area contributed by atoms with Gasteiger partial charge in [-0.25, -0.2) is 4.20 Å². The molecular formula is C2H11FP2. The van der Waals surface area contributed by atoms with Crippen LogP contribution < -0.4 is 0 Å². The van der Waals surface area contributed by atoms with Crippen molar-refractivity contribution in [3.63, 3.8) is 0 Å². The first-order valence-electron chi connectivity index (χ1n) is 0.478. The Hall–Kier alpha value is 0.790. The van der Waals surface area contributed by atoms with Crippen LogP contribution in [0.25, 0.3) is 0 Å². The largest absolute Gasteiger partial charge is 0.226 e. The fraction of sp³-hybridized carbons (Fsp3) is 1.00. The van der Waals surface area contributed by atoms with Crippen LogP contribution in [0.15, 0.2) is 0 Å². The Kier molecular flexibility index (Phi) is 73.3. The molecule has 0 saturated carbocycles. The Bertz CT molecular complexity index is 7.61. The molecule has 0 aliphatic carbocycles. The molecule has 0 spiro atoms. The molecule has 0 rings (SSSR count). The van der Waals surface area contributed by atoms with Gasteiger partial charge in [-0.2, -0.15) is 0 Å². The molecule has 36 valence electrons. The maximum absolute atomic E-state index is 10.3. The molecule has 0 aromatic heterocycles. The van der Waals surface area contributed by atoms with Gasteiger partial charge in [-0.15, -0.1) is 0 Å². The second-order valence-corrected chi connectivity index (χ2v) is 0.982. The van der Waals surface area contributed by atoms with Crippen molar-refractivity contribution in [1.29, 1.82) is 0 Å². The maximum Gasteiger partial charge on any atom is 0.0846 e. The van der Waals surface area contributed by atoms with Crippen LogP contribution in [0.1, 0.15) is 14.9 Å². The normalized spacial score (nSPS) is 6.00. The number of halogens is 1. The van der Waals surface area contributed by atoms with E-state index >= 15 is 0 Å². The lowest BCUT2D eigenvalue weighted by molar-refractivity contribution is 0.936. The van der Waals surface area contributed by atoms with E-state index < -0.39 is 8.58 Å². The van der Waals surface area contributed by atoms with E-state index in [0.717, 1.165) is 0 Å². The van der Waals surface area contributed by atoms with Gasteiger partial charge in [-0.1, -0.05) is 23.8 Å². The summed E-state index contributed by atoms with van der Waals surface area (Å²) in [6.45, 7) is 0. The second-order valence-electron chi connectivity index (χ2n) is 0.109. The van der Waals surface area contributed by atoms with Gasteiger partial charge in [0.1, 0.15) is 0 Å². The fourth-order valence-corrected chi connectivity index (χ4v) is 0. The summed E-state index contributed by atoms with van der Waals surface area (Å²) in [5, 5.41) is 0. The minimum atomic E-state index is -0.500. The number of rotatable bonds is 0. The molecule has 0 bridgehead atoms.